The van der Waals surface area contributed by atoms with Gasteiger partial charge in [0.2, 0.25) is 0 Å². The summed E-state index contributed by atoms with van der Waals surface area (Å²) >= 11 is 3.60. The Balaban J connectivity index is 1.89. The van der Waals surface area contributed by atoms with Crippen LogP contribution in [0.4, 0.5) is 0 Å². The van der Waals surface area contributed by atoms with Crippen LogP contribution in [-0.4, -0.2) is 25.5 Å². The molecular formula is C15H21N3S2. The van der Waals surface area contributed by atoms with E-state index in [2.05, 4.69) is 36.8 Å². The molecule has 1 aliphatic rings. The van der Waals surface area contributed by atoms with Crippen LogP contribution >= 0.6 is 23.5 Å². The molecule has 3 nitrogen and oxygen atoms in total. The van der Waals surface area contributed by atoms with Crippen LogP contribution in [0.2, 0.25) is 0 Å². The summed E-state index contributed by atoms with van der Waals surface area (Å²) in [5.41, 5.74) is 1.22. The number of rotatable bonds is 5. The van der Waals surface area contributed by atoms with E-state index in [4.69, 9.17) is 4.99 Å². The molecule has 2 heterocycles. The van der Waals surface area contributed by atoms with Gasteiger partial charge in [-0.1, -0.05) is 38.6 Å². The van der Waals surface area contributed by atoms with Gasteiger partial charge in [0.05, 0.1) is 5.04 Å². The lowest BCUT2D eigenvalue weighted by molar-refractivity contribution is 0.869. The van der Waals surface area contributed by atoms with E-state index < -0.39 is 0 Å². The fourth-order valence-electron chi connectivity index (χ4n) is 1.97. The molecule has 1 aliphatic heterocycles. The summed E-state index contributed by atoms with van der Waals surface area (Å²) in [7, 11) is 0. The van der Waals surface area contributed by atoms with Gasteiger partial charge < -0.3 is 0 Å². The van der Waals surface area contributed by atoms with E-state index >= 15 is 0 Å². The molecule has 0 saturated heterocycles. The monoisotopic (exact) mass is 307 g/mol. The highest BCUT2D eigenvalue weighted by Crippen LogP contribution is 2.28. The van der Waals surface area contributed by atoms with Crippen LogP contribution in [0.1, 0.15) is 40.0 Å². The van der Waals surface area contributed by atoms with Crippen molar-refractivity contribution in [2.24, 2.45) is 4.99 Å². The zero-order chi connectivity index (χ0) is 14.4. The topological polar surface area (TPSA) is 38.1 Å². The smallest absolute Gasteiger partial charge is 0.187 e. The Labute approximate surface area is 129 Å². The van der Waals surface area contributed by atoms with Gasteiger partial charge in [-0.3, -0.25) is 4.99 Å². The van der Waals surface area contributed by atoms with Crippen LogP contribution in [0.15, 0.2) is 40.4 Å². The minimum Gasteiger partial charge on any atom is -0.251 e. The lowest BCUT2D eigenvalue weighted by Crippen LogP contribution is -2.06. The third kappa shape index (κ3) is 5.29. The Morgan fingerprint density at radius 2 is 1.90 bits per heavy atom. The maximum Gasteiger partial charge on any atom is 0.187 e. The van der Waals surface area contributed by atoms with Gasteiger partial charge in [0.15, 0.2) is 5.16 Å². The largest absolute Gasteiger partial charge is 0.251 e. The molecule has 0 aromatic carbocycles. The Hall–Kier alpha value is -0.810. The van der Waals surface area contributed by atoms with Crippen molar-refractivity contribution < 1.29 is 0 Å². The zero-order valence-corrected chi connectivity index (χ0v) is 13.9. The summed E-state index contributed by atoms with van der Waals surface area (Å²) in [6.07, 6.45) is 9.04. The van der Waals surface area contributed by atoms with Crippen LogP contribution in [0.25, 0.3) is 0 Å². The molecule has 1 unspecified atom stereocenters. The van der Waals surface area contributed by atoms with E-state index in [1.165, 1.54) is 10.7 Å². The summed E-state index contributed by atoms with van der Waals surface area (Å²) in [6.45, 7) is 6.65. The average Bonchev–Trinajstić information content (AvgIpc) is 2.39. The molecule has 1 aromatic rings. The lowest BCUT2D eigenvalue weighted by Gasteiger charge is -2.16. The first-order valence-electron chi connectivity index (χ1n) is 7.00. The quantitative estimate of drug-likeness (QED) is 0.590. The van der Waals surface area contributed by atoms with Gasteiger partial charge in [-0.15, -0.1) is 11.8 Å². The number of aromatic nitrogens is 2. The lowest BCUT2D eigenvalue weighted by atomic mass is 10.1. The third-order valence-electron chi connectivity index (χ3n) is 2.72. The van der Waals surface area contributed by atoms with Gasteiger partial charge >= 0.3 is 0 Å². The van der Waals surface area contributed by atoms with E-state index in [1.54, 1.807) is 24.2 Å². The summed E-state index contributed by atoms with van der Waals surface area (Å²) < 4.78 is 0. The third-order valence-corrected chi connectivity index (χ3v) is 4.75. The van der Waals surface area contributed by atoms with Crippen LogP contribution in [0.3, 0.4) is 0 Å². The minimum absolute atomic E-state index is 0.441. The van der Waals surface area contributed by atoms with E-state index in [9.17, 15) is 0 Å². The predicted octanol–water partition coefficient (Wildman–Crippen LogP) is 4.57. The van der Waals surface area contributed by atoms with Crippen molar-refractivity contribution >= 4 is 28.6 Å². The van der Waals surface area contributed by atoms with Gasteiger partial charge in [0.25, 0.3) is 0 Å². The predicted molar refractivity (Wildman–Crippen MR) is 89.4 cm³/mol. The van der Waals surface area contributed by atoms with Crippen molar-refractivity contribution in [1.29, 1.82) is 0 Å². The summed E-state index contributed by atoms with van der Waals surface area (Å²) in [6, 6.07) is 1.85. The Morgan fingerprint density at radius 1 is 1.15 bits per heavy atom. The van der Waals surface area contributed by atoms with Crippen molar-refractivity contribution in [2.45, 2.75) is 55.7 Å². The van der Waals surface area contributed by atoms with Crippen molar-refractivity contribution in [1.82, 2.24) is 9.97 Å². The zero-order valence-electron chi connectivity index (χ0n) is 12.2. The van der Waals surface area contributed by atoms with Crippen molar-refractivity contribution in [3.05, 3.63) is 30.2 Å². The number of aliphatic imine (C=N–C) groups is 1. The first kappa shape index (κ1) is 15.6. The normalized spacial score (nSPS) is 16.8. The number of nitrogens with zero attached hydrogens (tertiary/aromatic N) is 3. The van der Waals surface area contributed by atoms with E-state index in [1.807, 2.05) is 17.8 Å². The van der Waals surface area contributed by atoms with Crippen molar-refractivity contribution in [3.8, 4) is 0 Å². The van der Waals surface area contributed by atoms with Gasteiger partial charge in [-0.05, 0) is 18.9 Å². The fraction of sp³-hybridized carbons (Fsp3) is 0.533. The molecule has 0 amide bonds. The second-order valence-corrected chi connectivity index (χ2v) is 8.13. The van der Waals surface area contributed by atoms with E-state index in [0.717, 1.165) is 24.4 Å². The summed E-state index contributed by atoms with van der Waals surface area (Å²) in [5, 5.41) is 3.18. The molecule has 108 valence electrons. The SMILES string of the molecule is CC(C)SC1=NC(CC(C)Sc2ncccn2)=CCC1. The average molecular weight is 307 g/mol. The Bertz CT molecular complexity index is 483. The fourth-order valence-corrected chi connectivity index (χ4v) is 3.78. The second kappa shape index (κ2) is 7.84. The van der Waals surface area contributed by atoms with Gasteiger partial charge in [0, 0.05) is 35.0 Å². The summed E-state index contributed by atoms with van der Waals surface area (Å²) in [4.78, 5) is 13.3. The molecule has 1 aromatic heterocycles. The number of hydrogen-bond acceptors (Lipinski definition) is 5. The highest BCUT2D eigenvalue weighted by Gasteiger charge is 2.13. The molecular weight excluding hydrogens is 286 g/mol. The molecule has 2 rings (SSSR count). The molecule has 0 N–H and O–H groups in total. The number of hydrogen-bond donors (Lipinski definition) is 0. The van der Waals surface area contributed by atoms with E-state index in [0.29, 0.717) is 10.5 Å². The number of allylic oxidation sites excluding steroid dienone is 2. The molecule has 0 aliphatic carbocycles. The molecule has 20 heavy (non-hydrogen) atoms. The van der Waals surface area contributed by atoms with Gasteiger partial charge in [-0.25, -0.2) is 9.97 Å². The molecule has 0 spiro atoms. The minimum atomic E-state index is 0.441. The molecule has 5 heteroatoms. The molecule has 0 radical (unpaired) electrons. The summed E-state index contributed by atoms with van der Waals surface area (Å²) in [5.74, 6) is 0. The maximum absolute atomic E-state index is 4.79. The molecule has 0 saturated carbocycles. The van der Waals surface area contributed by atoms with Crippen LogP contribution in [0, 0.1) is 0 Å². The van der Waals surface area contributed by atoms with Crippen LogP contribution in [0.5, 0.6) is 0 Å². The standard InChI is InChI=1S/C15H21N3S2/c1-11(2)19-14-7-4-6-13(18-14)10-12(3)20-15-16-8-5-9-17-15/h5-6,8-9,11-12H,4,7,10H2,1-3H3. The Morgan fingerprint density at radius 3 is 2.60 bits per heavy atom. The molecule has 1 atom stereocenters. The second-order valence-electron chi connectivity index (χ2n) is 5.07. The number of thioether (sulfide) groups is 2. The van der Waals surface area contributed by atoms with Crippen LogP contribution in [-0.2, 0) is 0 Å². The van der Waals surface area contributed by atoms with Gasteiger partial charge in [0.1, 0.15) is 0 Å². The van der Waals surface area contributed by atoms with Gasteiger partial charge in [-0.2, -0.15) is 0 Å². The maximum atomic E-state index is 4.79. The Kier molecular flexibility index (Phi) is 6.10. The molecule has 0 bridgehead atoms. The molecule has 0 fully saturated rings. The first-order chi connectivity index (χ1) is 9.63. The van der Waals surface area contributed by atoms with E-state index in [-0.39, 0.29) is 0 Å². The highest BCUT2D eigenvalue weighted by atomic mass is 32.2. The van der Waals surface area contributed by atoms with Crippen molar-refractivity contribution in [2.75, 3.05) is 0 Å². The van der Waals surface area contributed by atoms with Crippen LogP contribution < -0.4 is 0 Å². The van der Waals surface area contributed by atoms with Crippen molar-refractivity contribution in [3.63, 3.8) is 0 Å². The first-order valence-corrected chi connectivity index (χ1v) is 8.76. The highest BCUT2D eigenvalue weighted by molar-refractivity contribution is 8.14.